The first-order valence-corrected chi connectivity index (χ1v) is 18.2. The number of nitrogens with zero attached hydrogens (tertiary/aromatic N) is 1. The molecule has 4 atom stereocenters. The Labute approximate surface area is 290 Å². The molecule has 3 aliphatic heterocycles. The van der Waals surface area contributed by atoms with E-state index in [1.807, 2.05) is 49.4 Å². The number of hydrogen-bond acceptors (Lipinski definition) is 7. The Hall–Kier alpha value is -3.47. The molecule has 9 heteroatoms. The fourth-order valence-electron chi connectivity index (χ4n) is 8.43. The highest BCUT2D eigenvalue weighted by Gasteiger charge is 2.48. The molecule has 3 aromatic rings. The summed E-state index contributed by atoms with van der Waals surface area (Å²) in [6, 6.07) is 23.0. The normalized spacial score (nSPS) is 24.6. The lowest BCUT2D eigenvalue weighted by molar-refractivity contribution is -0.946. The lowest BCUT2D eigenvalue weighted by Gasteiger charge is -2.53. The van der Waals surface area contributed by atoms with Crippen LogP contribution in [-0.4, -0.2) is 78.3 Å². The third-order valence-electron chi connectivity index (χ3n) is 11.5. The quantitative estimate of drug-likeness (QED) is 0.0531. The average Bonchev–Trinajstić information content (AvgIpc) is 3.70. The van der Waals surface area contributed by atoms with Gasteiger partial charge in [-0.15, -0.1) is 0 Å². The third kappa shape index (κ3) is 8.47. The summed E-state index contributed by atoms with van der Waals surface area (Å²) in [5.74, 6) is 1.65. The molecule has 1 saturated carbocycles. The summed E-state index contributed by atoms with van der Waals surface area (Å²) < 4.78 is 14.0. The predicted molar refractivity (Wildman–Crippen MR) is 190 cm³/mol. The zero-order valence-electron chi connectivity index (χ0n) is 28.8. The summed E-state index contributed by atoms with van der Waals surface area (Å²) in [5.41, 5.74) is 2.03. The Bertz CT molecular complexity index is 1490. The van der Waals surface area contributed by atoms with Crippen molar-refractivity contribution in [1.82, 2.24) is 5.32 Å². The van der Waals surface area contributed by atoms with Gasteiger partial charge in [-0.3, -0.25) is 4.79 Å². The van der Waals surface area contributed by atoms with E-state index in [-0.39, 0.29) is 29.5 Å². The molecule has 9 nitrogen and oxygen atoms in total. The Kier molecular flexibility index (Phi) is 11.6. The van der Waals surface area contributed by atoms with Crippen LogP contribution in [0.4, 0.5) is 5.69 Å². The van der Waals surface area contributed by atoms with Crippen molar-refractivity contribution >= 4 is 12.1 Å². The average molecular weight is 673 g/mol. The minimum absolute atomic E-state index is 0.00299. The van der Waals surface area contributed by atoms with Gasteiger partial charge in [0.05, 0.1) is 44.6 Å². The van der Waals surface area contributed by atoms with Crippen molar-refractivity contribution in [3.63, 3.8) is 0 Å². The second-order valence-corrected chi connectivity index (χ2v) is 14.6. The minimum atomic E-state index is -0.915. The van der Waals surface area contributed by atoms with Crippen LogP contribution in [0.3, 0.4) is 0 Å². The Morgan fingerprint density at radius 3 is 2.41 bits per heavy atom. The highest BCUT2D eigenvalue weighted by molar-refractivity contribution is 5.75. The standard InChI is InChI=1S/C40H53N3O6/c1-29(41-25-38(46)32-14-17-37(45)36(24-32)42-28-44)30-12-15-35(16-13-30)48-23-7-20-43-21-18-31(19-22-43)39(26-43)49-27-40(47,34-10-5-6-11-34)33-8-3-2-4-9-33/h2-4,8-9,12-17,24,28-29,31,34,38-39,41,46-47H,5-7,10-11,18-23,25-27H2,1H3,(H-,42,44,45)/p+1/t29-,31?,38-,39-,40+,43?/m0/s1. The van der Waals surface area contributed by atoms with E-state index >= 15 is 0 Å². The van der Waals surface area contributed by atoms with Crippen LogP contribution in [0.15, 0.2) is 72.8 Å². The first-order chi connectivity index (χ1) is 23.8. The highest BCUT2D eigenvalue weighted by atomic mass is 16.5. The largest absolute Gasteiger partial charge is 0.506 e. The van der Waals surface area contributed by atoms with Gasteiger partial charge in [-0.1, -0.05) is 61.4 Å². The van der Waals surface area contributed by atoms with Crippen LogP contribution >= 0.6 is 0 Å². The molecular weight excluding hydrogens is 618 g/mol. The molecule has 7 rings (SSSR count). The Morgan fingerprint density at radius 2 is 1.69 bits per heavy atom. The molecule has 0 radical (unpaired) electrons. The van der Waals surface area contributed by atoms with Crippen molar-refractivity contribution in [2.24, 2.45) is 11.8 Å². The maximum Gasteiger partial charge on any atom is 0.211 e. The van der Waals surface area contributed by atoms with Crippen LogP contribution in [0, 0.1) is 11.8 Å². The summed E-state index contributed by atoms with van der Waals surface area (Å²) in [7, 11) is 0. The third-order valence-corrected chi connectivity index (χ3v) is 11.5. The monoisotopic (exact) mass is 672 g/mol. The molecule has 0 spiro atoms. The van der Waals surface area contributed by atoms with E-state index in [4.69, 9.17) is 9.47 Å². The van der Waals surface area contributed by atoms with Gasteiger partial charge in [0, 0.05) is 37.8 Å². The number of amides is 1. The first-order valence-electron chi connectivity index (χ1n) is 18.2. The number of benzene rings is 3. The Balaban J connectivity index is 0.949. The summed E-state index contributed by atoms with van der Waals surface area (Å²) in [6.45, 7) is 7.91. The zero-order chi connectivity index (χ0) is 34.3. The summed E-state index contributed by atoms with van der Waals surface area (Å²) in [4.78, 5) is 10.8. The number of nitrogens with one attached hydrogen (secondary N) is 2. The summed E-state index contributed by atoms with van der Waals surface area (Å²) in [5, 5.41) is 38.3. The minimum Gasteiger partial charge on any atom is -0.506 e. The van der Waals surface area contributed by atoms with Crippen molar-refractivity contribution in [3.8, 4) is 11.5 Å². The van der Waals surface area contributed by atoms with Gasteiger partial charge in [-0.25, -0.2) is 0 Å². The number of quaternary nitrogens is 1. The molecule has 0 unspecified atom stereocenters. The molecule has 3 aromatic carbocycles. The number of ether oxygens (including phenoxy) is 2. The number of phenolic OH excluding ortho intramolecular Hbond substituents is 1. The van der Waals surface area contributed by atoms with Crippen LogP contribution < -0.4 is 15.4 Å². The van der Waals surface area contributed by atoms with E-state index in [1.165, 1.54) is 44.8 Å². The molecule has 0 aromatic heterocycles. The molecule has 4 fully saturated rings. The number of hydrogen-bond donors (Lipinski definition) is 5. The second-order valence-electron chi connectivity index (χ2n) is 14.6. The van der Waals surface area contributed by atoms with Crippen molar-refractivity contribution in [1.29, 1.82) is 0 Å². The number of aliphatic hydroxyl groups excluding tert-OH is 1. The van der Waals surface area contributed by atoms with E-state index in [2.05, 4.69) is 22.8 Å². The van der Waals surface area contributed by atoms with E-state index in [0.29, 0.717) is 37.6 Å². The van der Waals surface area contributed by atoms with Crippen molar-refractivity contribution < 1.29 is 34.1 Å². The maximum atomic E-state index is 12.0. The molecule has 4 aliphatic rings. The molecule has 3 saturated heterocycles. The molecule has 264 valence electrons. The zero-order valence-corrected chi connectivity index (χ0v) is 28.8. The molecule has 49 heavy (non-hydrogen) atoms. The molecule has 5 N–H and O–H groups in total. The van der Waals surface area contributed by atoms with Crippen LogP contribution in [0.25, 0.3) is 0 Å². The van der Waals surface area contributed by atoms with Gasteiger partial charge in [0.2, 0.25) is 6.41 Å². The number of aromatic hydroxyl groups is 1. The topological polar surface area (TPSA) is 120 Å². The van der Waals surface area contributed by atoms with Crippen molar-refractivity contribution in [2.75, 3.05) is 51.3 Å². The van der Waals surface area contributed by atoms with Crippen LogP contribution in [0.5, 0.6) is 11.5 Å². The number of aliphatic hydroxyl groups is 2. The molecular formula is C40H54N3O6+. The number of piperidine rings is 3. The SMILES string of the molecule is C[C@H](NC[C@H](O)c1ccc(O)c(NC=O)c1)c1ccc(OCCC[N+]23CCC(CC2)[C@@H](OC[C@@](O)(c2ccccc2)C2CCCC2)C3)cc1. The number of fused-ring (bicyclic) bond motifs is 3. The van der Waals surface area contributed by atoms with E-state index in [9.17, 15) is 20.1 Å². The van der Waals surface area contributed by atoms with E-state index in [0.717, 1.165) is 53.7 Å². The van der Waals surface area contributed by atoms with Crippen LogP contribution in [0.2, 0.25) is 0 Å². The molecule has 1 amide bonds. The number of carbonyl (C=O) groups is 1. The first kappa shape index (κ1) is 35.4. The second kappa shape index (κ2) is 16.0. The van der Waals surface area contributed by atoms with Gasteiger partial charge in [-0.2, -0.15) is 0 Å². The van der Waals surface area contributed by atoms with Gasteiger partial charge in [0.15, 0.2) is 0 Å². The smallest absolute Gasteiger partial charge is 0.211 e. The number of anilines is 1. The van der Waals surface area contributed by atoms with Gasteiger partial charge in [0.25, 0.3) is 0 Å². The van der Waals surface area contributed by atoms with Crippen molar-refractivity contribution in [3.05, 3.63) is 89.5 Å². The van der Waals surface area contributed by atoms with Gasteiger partial charge >= 0.3 is 0 Å². The fourth-order valence-corrected chi connectivity index (χ4v) is 8.43. The predicted octanol–water partition coefficient (Wildman–Crippen LogP) is 5.82. The van der Waals surface area contributed by atoms with E-state index in [1.54, 1.807) is 12.1 Å². The van der Waals surface area contributed by atoms with Gasteiger partial charge in [0.1, 0.15) is 29.7 Å². The summed E-state index contributed by atoms with van der Waals surface area (Å²) >= 11 is 0. The van der Waals surface area contributed by atoms with Crippen molar-refractivity contribution in [2.45, 2.75) is 75.7 Å². The van der Waals surface area contributed by atoms with Crippen LogP contribution in [0.1, 0.15) is 80.7 Å². The molecule has 3 heterocycles. The van der Waals surface area contributed by atoms with Gasteiger partial charge in [-0.05, 0) is 66.6 Å². The highest BCUT2D eigenvalue weighted by Crippen LogP contribution is 2.43. The van der Waals surface area contributed by atoms with Crippen LogP contribution in [-0.2, 0) is 15.1 Å². The molecule has 2 bridgehead atoms. The summed E-state index contributed by atoms with van der Waals surface area (Å²) in [6.07, 6.45) is 7.76. The maximum absolute atomic E-state index is 12.0. The lowest BCUT2D eigenvalue weighted by atomic mass is 9.80. The number of phenols is 1. The van der Waals surface area contributed by atoms with E-state index < -0.39 is 11.7 Å². The fraction of sp³-hybridized carbons (Fsp3) is 0.525. The number of rotatable bonds is 17. The number of carbonyl (C=O) groups excluding carboxylic acids is 1. The lowest BCUT2D eigenvalue weighted by Crippen LogP contribution is -2.65. The van der Waals surface area contributed by atoms with Gasteiger partial charge < -0.3 is 39.9 Å². The molecule has 1 aliphatic carbocycles. The Morgan fingerprint density at radius 1 is 0.980 bits per heavy atom.